The Morgan fingerprint density at radius 1 is 0.333 bits per heavy atom. The van der Waals surface area contributed by atoms with Crippen molar-refractivity contribution in [2.45, 2.75) is 67.2 Å². The zero-order valence-corrected chi connectivity index (χ0v) is 39.0. The maximum atomic E-state index is 6.91. The minimum Gasteiger partial charge on any atom is -0.454 e. The number of para-hydroxylation sites is 6. The van der Waals surface area contributed by atoms with Crippen molar-refractivity contribution in [1.29, 1.82) is 0 Å². The molecule has 4 heteroatoms. The fourth-order valence-electron chi connectivity index (χ4n) is 10.5. The van der Waals surface area contributed by atoms with Crippen LogP contribution in [-0.2, 0) is 0 Å². The Morgan fingerprint density at radius 2 is 0.682 bits per heavy atom. The SMILES string of the molecule is CC.Cc1cccc2c1oc1c(N(c3ccccc3)c3cc(C(C)C)c4ccc5c(N(c6ccccc6)c6cccc7c6oc6c(C)cccc67)cc(C(C)C)c6ccc3c4c65)cccc12. The van der Waals surface area contributed by atoms with Crippen LogP contribution in [0.1, 0.15) is 75.6 Å². The van der Waals surface area contributed by atoms with Gasteiger partial charge in [0, 0.05) is 43.7 Å². The Kier molecular flexibility index (Phi) is 10.1. The van der Waals surface area contributed by atoms with E-state index in [-0.39, 0.29) is 11.8 Å². The molecule has 4 nitrogen and oxygen atoms in total. The maximum absolute atomic E-state index is 6.91. The van der Waals surface area contributed by atoms with Crippen molar-refractivity contribution >= 4 is 110 Å². The van der Waals surface area contributed by atoms with E-state index in [0.29, 0.717) is 0 Å². The maximum Gasteiger partial charge on any atom is 0.159 e. The number of furan rings is 2. The van der Waals surface area contributed by atoms with Gasteiger partial charge in [0.25, 0.3) is 0 Å². The molecule has 0 radical (unpaired) electrons. The van der Waals surface area contributed by atoms with Gasteiger partial charge in [-0.1, -0.05) is 163 Å². The van der Waals surface area contributed by atoms with Crippen molar-refractivity contribution in [3.05, 3.63) is 192 Å². The van der Waals surface area contributed by atoms with Gasteiger partial charge >= 0.3 is 0 Å². The number of hydrogen-bond donors (Lipinski definition) is 0. The van der Waals surface area contributed by atoms with Crippen molar-refractivity contribution in [2.24, 2.45) is 0 Å². The molecule has 0 aliphatic carbocycles. The van der Waals surface area contributed by atoms with Gasteiger partial charge in [0.05, 0.1) is 22.7 Å². The fraction of sp³-hybridized carbons (Fsp3) is 0.161. The highest BCUT2D eigenvalue weighted by Gasteiger charge is 2.28. The Morgan fingerprint density at radius 3 is 1.06 bits per heavy atom. The van der Waals surface area contributed by atoms with Crippen LogP contribution in [0, 0.1) is 13.8 Å². The van der Waals surface area contributed by atoms with E-state index >= 15 is 0 Å². The predicted octanol–water partition coefficient (Wildman–Crippen LogP) is 19.2. The quantitative estimate of drug-likeness (QED) is 0.143. The van der Waals surface area contributed by atoms with Crippen LogP contribution in [0.2, 0.25) is 0 Å². The first-order valence-electron chi connectivity index (χ1n) is 23.6. The molecule has 0 unspecified atom stereocenters. The standard InChI is InChI=1S/C60H48N2O2.C2H6/c1-35(2)49-33-53(61(39-19-9-7-10-20-39)51-27-15-25-45-43-23-13-17-37(5)57(43)63-59(45)51)47-32-30-42-50(36(3)4)34-54(48-31-29-41(49)55(47)56(42)48)62(40-21-11-8-12-22-40)52-28-16-26-46-44-24-14-18-38(6)58(44)64-60(46)52;1-2/h7-36H,1-6H3;1-2H3. The summed E-state index contributed by atoms with van der Waals surface area (Å²) in [6.07, 6.45) is 0. The summed E-state index contributed by atoms with van der Waals surface area (Å²) < 4.78 is 13.8. The van der Waals surface area contributed by atoms with Gasteiger partial charge < -0.3 is 18.6 Å². The number of hydrogen-bond acceptors (Lipinski definition) is 4. The van der Waals surface area contributed by atoms with Gasteiger partial charge in [0.2, 0.25) is 0 Å². The minimum atomic E-state index is 0.254. The molecule has 0 fully saturated rings. The normalized spacial score (nSPS) is 11.9. The number of anilines is 6. The van der Waals surface area contributed by atoms with Gasteiger partial charge in [-0.25, -0.2) is 0 Å². The van der Waals surface area contributed by atoms with E-state index in [0.717, 1.165) is 89.1 Å². The summed E-state index contributed by atoms with van der Waals surface area (Å²) in [5.41, 5.74) is 14.9. The summed E-state index contributed by atoms with van der Waals surface area (Å²) in [6, 6.07) is 62.0. The van der Waals surface area contributed by atoms with Gasteiger partial charge in [-0.05, 0) is 118 Å². The largest absolute Gasteiger partial charge is 0.454 e. The molecule has 0 atom stereocenters. The molecule has 0 bridgehead atoms. The van der Waals surface area contributed by atoms with Crippen LogP contribution in [0.5, 0.6) is 0 Å². The summed E-state index contributed by atoms with van der Waals surface area (Å²) >= 11 is 0. The van der Waals surface area contributed by atoms with Gasteiger partial charge in [0.1, 0.15) is 11.2 Å². The summed E-state index contributed by atoms with van der Waals surface area (Å²) in [5, 5.41) is 12.0. The Hall–Kier alpha value is -7.56. The summed E-state index contributed by atoms with van der Waals surface area (Å²) in [4.78, 5) is 4.87. The monoisotopic (exact) mass is 858 g/mol. The lowest BCUT2D eigenvalue weighted by atomic mass is 9.84. The first-order chi connectivity index (χ1) is 32.3. The molecule has 2 aromatic heterocycles. The van der Waals surface area contributed by atoms with Crippen LogP contribution >= 0.6 is 0 Å². The molecule has 0 amide bonds. The van der Waals surface area contributed by atoms with Crippen LogP contribution in [0.15, 0.2) is 179 Å². The second-order valence-electron chi connectivity index (χ2n) is 18.1. The molecule has 324 valence electrons. The number of nitrogens with zero attached hydrogens (tertiary/aromatic N) is 2. The van der Waals surface area contributed by atoms with Crippen LogP contribution in [0.4, 0.5) is 34.1 Å². The van der Waals surface area contributed by atoms with Gasteiger partial charge in [-0.3, -0.25) is 0 Å². The lowest BCUT2D eigenvalue weighted by molar-refractivity contribution is 0.665. The molecule has 12 rings (SSSR count). The van der Waals surface area contributed by atoms with Gasteiger partial charge in [-0.2, -0.15) is 0 Å². The molecule has 0 spiro atoms. The van der Waals surface area contributed by atoms with Crippen LogP contribution < -0.4 is 9.80 Å². The highest BCUT2D eigenvalue weighted by atomic mass is 16.3. The van der Waals surface area contributed by atoms with Gasteiger partial charge in [-0.15, -0.1) is 0 Å². The van der Waals surface area contributed by atoms with Gasteiger partial charge in [0.15, 0.2) is 11.2 Å². The molecule has 0 saturated carbocycles. The van der Waals surface area contributed by atoms with E-state index in [1.165, 1.54) is 43.4 Å². The third-order valence-electron chi connectivity index (χ3n) is 13.6. The van der Waals surface area contributed by atoms with Crippen LogP contribution in [-0.4, -0.2) is 0 Å². The average molecular weight is 859 g/mol. The molecule has 66 heavy (non-hydrogen) atoms. The molecule has 10 aromatic carbocycles. The topological polar surface area (TPSA) is 32.8 Å². The third kappa shape index (κ3) is 6.26. The lowest BCUT2D eigenvalue weighted by Crippen LogP contribution is -2.13. The van der Waals surface area contributed by atoms with Crippen molar-refractivity contribution in [3.8, 4) is 0 Å². The summed E-state index contributed by atoms with van der Waals surface area (Å²) in [7, 11) is 0. The Labute approximate surface area is 386 Å². The second-order valence-corrected chi connectivity index (χ2v) is 18.1. The fourth-order valence-corrected chi connectivity index (χ4v) is 10.5. The molecule has 0 N–H and O–H groups in total. The summed E-state index contributed by atoms with van der Waals surface area (Å²) in [5.74, 6) is 0.508. The third-order valence-corrected chi connectivity index (χ3v) is 13.6. The number of aryl methyl sites for hydroxylation is 2. The molecule has 0 saturated heterocycles. The molecular weight excluding hydrogens is 805 g/mol. The van der Waals surface area contributed by atoms with E-state index in [4.69, 9.17) is 8.83 Å². The zero-order chi connectivity index (χ0) is 45.4. The summed E-state index contributed by atoms with van der Waals surface area (Å²) in [6.45, 7) is 17.6. The average Bonchev–Trinajstić information content (AvgIpc) is 3.94. The van der Waals surface area contributed by atoms with E-state index in [1.807, 2.05) is 13.8 Å². The Bertz CT molecular complexity index is 3510. The number of benzene rings is 10. The number of fused-ring (bicyclic) bond motifs is 6. The molecular formula is C62H54N2O2. The highest BCUT2D eigenvalue weighted by Crippen LogP contribution is 2.53. The minimum absolute atomic E-state index is 0.254. The Balaban J connectivity index is 0.00000238. The molecule has 2 heterocycles. The lowest BCUT2D eigenvalue weighted by Gasteiger charge is -2.31. The molecule has 0 aliphatic rings. The predicted molar refractivity (Wildman–Crippen MR) is 283 cm³/mol. The molecule has 12 aromatic rings. The van der Waals surface area contributed by atoms with E-state index < -0.39 is 0 Å². The van der Waals surface area contributed by atoms with Crippen molar-refractivity contribution in [3.63, 3.8) is 0 Å². The van der Waals surface area contributed by atoms with E-state index in [1.54, 1.807) is 0 Å². The zero-order valence-electron chi connectivity index (χ0n) is 39.0. The first kappa shape index (κ1) is 41.2. The number of rotatable bonds is 8. The smallest absolute Gasteiger partial charge is 0.159 e. The van der Waals surface area contributed by atoms with Crippen LogP contribution in [0.25, 0.3) is 76.2 Å². The van der Waals surface area contributed by atoms with Crippen molar-refractivity contribution in [1.82, 2.24) is 0 Å². The second kappa shape index (κ2) is 16.2. The van der Waals surface area contributed by atoms with Crippen molar-refractivity contribution in [2.75, 3.05) is 9.80 Å². The van der Waals surface area contributed by atoms with Crippen molar-refractivity contribution < 1.29 is 8.83 Å². The first-order valence-corrected chi connectivity index (χ1v) is 23.6. The highest BCUT2D eigenvalue weighted by molar-refractivity contribution is 6.30. The van der Waals surface area contributed by atoms with E-state index in [2.05, 4.69) is 221 Å². The van der Waals surface area contributed by atoms with E-state index in [9.17, 15) is 0 Å². The molecule has 0 aliphatic heterocycles. The van der Waals surface area contributed by atoms with Crippen LogP contribution in [0.3, 0.4) is 0 Å².